The summed E-state index contributed by atoms with van der Waals surface area (Å²) in [6, 6.07) is 18.8. The third-order valence-electron chi connectivity index (χ3n) is 3.08. The quantitative estimate of drug-likeness (QED) is 0.847. The molecule has 2 aromatic carbocycles. The van der Waals surface area contributed by atoms with Crippen LogP contribution in [-0.4, -0.2) is 6.54 Å². The van der Waals surface area contributed by atoms with Gasteiger partial charge in [0, 0.05) is 11.1 Å². The van der Waals surface area contributed by atoms with E-state index in [4.69, 9.17) is 11.6 Å². The van der Waals surface area contributed by atoms with E-state index in [0.717, 1.165) is 23.6 Å². The Labute approximate surface area is 114 Å². The number of halogens is 1. The van der Waals surface area contributed by atoms with Crippen molar-refractivity contribution in [3.63, 3.8) is 0 Å². The van der Waals surface area contributed by atoms with Crippen molar-refractivity contribution in [2.45, 2.75) is 19.4 Å². The monoisotopic (exact) mass is 259 g/mol. The maximum absolute atomic E-state index is 6.18. The lowest BCUT2D eigenvalue weighted by atomic mass is 10.1. The van der Waals surface area contributed by atoms with E-state index in [1.165, 1.54) is 5.56 Å². The van der Waals surface area contributed by atoms with Crippen LogP contribution in [0.15, 0.2) is 54.6 Å². The molecule has 2 heteroatoms. The first kappa shape index (κ1) is 13.1. The summed E-state index contributed by atoms with van der Waals surface area (Å²) in [4.78, 5) is 0. The van der Waals surface area contributed by atoms with Gasteiger partial charge in [-0.05, 0) is 37.1 Å². The van der Waals surface area contributed by atoms with Crippen molar-refractivity contribution in [3.05, 3.63) is 70.7 Å². The lowest BCUT2D eigenvalue weighted by Crippen LogP contribution is -2.21. The Bertz CT molecular complexity index is 481. The summed E-state index contributed by atoms with van der Waals surface area (Å²) < 4.78 is 0. The second kappa shape index (κ2) is 6.58. The smallest absolute Gasteiger partial charge is 0.0453 e. The molecule has 94 valence electrons. The summed E-state index contributed by atoms with van der Waals surface area (Å²) in [5.74, 6) is 0. The minimum absolute atomic E-state index is 0.280. The third-order valence-corrected chi connectivity index (χ3v) is 3.42. The van der Waals surface area contributed by atoms with Gasteiger partial charge < -0.3 is 5.32 Å². The predicted octanol–water partition coefficient (Wildman–Crippen LogP) is 4.23. The summed E-state index contributed by atoms with van der Waals surface area (Å²) in [7, 11) is 0. The van der Waals surface area contributed by atoms with E-state index in [1.54, 1.807) is 0 Å². The van der Waals surface area contributed by atoms with Crippen molar-refractivity contribution in [2.75, 3.05) is 6.54 Å². The number of nitrogens with one attached hydrogen (secondary N) is 1. The molecule has 0 amide bonds. The lowest BCUT2D eigenvalue weighted by Gasteiger charge is -2.15. The Kier molecular flexibility index (Phi) is 4.80. The van der Waals surface area contributed by atoms with Crippen LogP contribution in [0.2, 0.25) is 5.02 Å². The molecular formula is C16H18ClN. The van der Waals surface area contributed by atoms with Crippen molar-refractivity contribution in [1.82, 2.24) is 5.32 Å². The Morgan fingerprint density at radius 3 is 2.39 bits per heavy atom. The number of benzene rings is 2. The Balaban J connectivity index is 1.86. The van der Waals surface area contributed by atoms with E-state index >= 15 is 0 Å². The van der Waals surface area contributed by atoms with Crippen LogP contribution in [0, 0.1) is 0 Å². The highest BCUT2D eigenvalue weighted by atomic mass is 35.5. The van der Waals surface area contributed by atoms with Gasteiger partial charge in [0.15, 0.2) is 0 Å². The molecule has 0 heterocycles. The number of rotatable bonds is 5. The molecule has 0 saturated carbocycles. The molecular weight excluding hydrogens is 242 g/mol. The Morgan fingerprint density at radius 2 is 1.67 bits per heavy atom. The van der Waals surface area contributed by atoms with E-state index in [1.807, 2.05) is 24.3 Å². The van der Waals surface area contributed by atoms with E-state index < -0.39 is 0 Å². The fourth-order valence-corrected chi connectivity index (χ4v) is 2.31. The van der Waals surface area contributed by atoms with Gasteiger partial charge in [-0.2, -0.15) is 0 Å². The molecule has 1 nitrogen and oxygen atoms in total. The summed E-state index contributed by atoms with van der Waals surface area (Å²) >= 11 is 6.18. The minimum Gasteiger partial charge on any atom is -0.310 e. The highest BCUT2D eigenvalue weighted by molar-refractivity contribution is 6.31. The van der Waals surface area contributed by atoms with Crippen LogP contribution in [0.4, 0.5) is 0 Å². The SMILES string of the molecule is C[C@H](NCCc1ccccc1)c1ccccc1Cl. The van der Waals surface area contributed by atoms with E-state index in [9.17, 15) is 0 Å². The van der Waals surface area contributed by atoms with Crippen molar-refractivity contribution >= 4 is 11.6 Å². The van der Waals surface area contributed by atoms with Crippen LogP contribution in [0.5, 0.6) is 0 Å². The van der Waals surface area contributed by atoms with Crippen LogP contribution >= 0.6 is 11.6 Å². The van der Waals surface area contributed by atoms with Gasteiger partial charge in [-0.15, -0.1) is 0 Å². The second-order valence-corrected chi connectivity index (χ2v) is 4.84. The first-order valence-electron chi connectivity index (χ1n) is 6.29. The largest absolute Gasteiger partial charge is 0.310 e. The summed E-state index contributed by atoms with van der Waals surface area (Å²) in [6.07, 6.45) is 1.04. The standard InChI is InChI=1S/C16H18ClN/c1-13(15-9-5-6-10-16(15)17)18-12-11-14-7-3-2-4-8-14/h2-10,13,18H,11-12H2,1H3/t13-/m0/s1. The zero-order valence-corrected chi connectivity index (χ0v) is 11.3. The average Bonchev–Trinajstić information content (AvgIpc) is 2.40. The van der Waals surface area contributed by atoms with Gasteiger partial charge in [-0.1, -0.05) is 60.1 Å². The highest BCUT2D eigenvalue weighted by Crippen LogP contribution is 2.21. The van der Waals surface area contributed by atoms with Crippen LogP contribution in [-0.2, 0) is 6.42 Å². The second-order valence-electron chi connectivity index (χ2n) is 4.43. The van der Waals surface area contributed by atoms with Gasteiger partial charge in [-0.25, -0.2) is 0 Å². The predicted molar refractivity (Wildman–Crippen MR) is 78.0 cm³/mol. The summed E-state index contributed by atoms with van der Waals surface area (Å²) in [6.45, 7) is 3.10. The summed E-state index contributed by atoms with van der Waals surface area (Å²) in [5.41, 5.74) is 2.52. The average molecular weight is 260 g/mol. The molecule has 0 bridgehead atoms. The molecule has 1 atom stereocenters. The fourth-order valence-electron chi connectivity index (χ4n) is 2.01. The van der Waals surface area contributed by atoms with Gasteiger partial charge in [0.2, 0.25) is 0 Å². The number of hydrogen-bond acceptors (Lipinski definition) is 1. The Morgan fingerprint density at radius 1 is 1.00 bits per heavy atom. The molecule has 0 spiro atoms. The maximum Gasteiger partial charge on any atom is 0.0453 e. The van der Waals surface area contributed by atoms with E-state index in [2.05, 4.69) is 42.6 Å². The molecule has 18 heavy (non-hydrogen) atoms. The molecule has 0 unspecified atom stereocenters. The van der Waals surface area contributed by atoms with Crippen LogP contribution in [0.1, 0.15) is 24.1 Å². The molecule has 0 aliphatic carbocycles. The van der Waals surface area contributed by atoms with Crippen LogP contribution < -0.4 is 5.32 Å². The zero-order chi connectivity index (χ0) is 12.8. The van der Waals surface area contributed by atoms with Crippen molar-refractivity contribution in [2.24, 2.45) is 0 Å². The molecule has 0 fully saturated rings. The van der Waals surface area contributed by atoms with Crippen molar-refractivity contribution < 1.29 is 0 Å². The molecule has 2 rings (SSSR count). The van der Waals surface area contributed by atoms with Gasteiger partial charge >= 0.3 is 0 Å². The molecule has 0 aromatic heterocycles. The van der Waals surface area contributed by atoms with Crippen molar-refractivity contribution in [3.8, 4) is 0 Å². The maximum atomic E-state index is 6.18. The molecule has 0 aliphatic heterocycles. The molecule has 0 radical (unpaired) electrons. The molecule has 2 aromatic rings. The molecule has 0 saturated heterocycles. The summed E-state index contributed by atoms with van der Waals surface area (Å²) in [5, 5.41) is 4.33. The van der Waals surface area contributed by atoms with Gasteiger partial charge in [0.1, 0.15) is 0 Å². The van der Waals surface area contributed by atoms with Gasteiger partial charge in [0.05, 0.1) is 0 Å². The normalized spacial score (nSPS) is 12.3. The first-order chi connectivity index (χ1) is 8.77. The minimum atomic E-state index is 0.280. The first-order valence-corrected chi connectivity index (χ1v) is 6.67. The Hall–Kier alpha value is -1.31. The molecule has 1 N–H and O–H groups in total. The van der Waals surface area contributed by atoms with E-state index in [-0.39, 0.29) is 6.04 Å². The topological polar surface area (TPSA) is 12.0 Å². The van der Waals surface area contributed by atoms with Crippen LogP contribution in [0.3, 0.4) is 0 Å². The number of hydrogen-bond donors (Lipinski definition) is 1. The highest BCUT2D eigenvalue weighted by Gasteiger charge is 2.07. The zero-order valence-electron chi connectivity index (χ0n) is 10.6. The van der Waals surface area contributed by atoms with Gasteiger partial charge in [0.25, 0.3) is 0 Å². The third kappa shape index (κ3) is 3.59. The van der Waals surface area contributed by atoms with E-state index in [0.29, 0.717) is 0 Å². The molecule has 0 aliphatic rings. The van der Waals surface area contributed by atoms with Crippen LogP contribution in [0.25, 0.3) is 0 Å². The van der Waals surface area contributed by atoms with Gasteiger partial charge in [-0.3, -0.25) is 0 Å². The fraction of sp³-hybridized carbons (Fsp3) is 0.250. The lowest BCUT2D eigenvalue weighted by molar-refractivity contribution is 0.577. The van der Waals surface area contributed by atoms with Crippen molar-refractivity contribution in [1.29, 1.82) is 0 Å².